The van der Waals surface area contributed by atoms with Crippen LogP contribution in [0.2, 0.25) is 0 Å². The lowest BCUT2D eigenvalue weighted by Crippen LogP contribution is -2.11. The molecule has 0 aliphatic carbocycles. The monoisotopic (exact) mass is 367 g/mol. The van der Waals surface area contributed by atoms with Crippen LogP contribution in [-0.2, 0) is 11.8 Å². The number of halogens is 1. The van der Waals surface area contributed by atoms with Crippen LogP contribution in [0.25, 0.3) is 0 Å². The molecule has 0 bridgehead atoms. The average Bonchev–Trinajstić information content (AvgIpc) is 3.03. The number of carbonyl (C=O) groups is 1. The van der Waals surface area contributed by atoms with Crippen LogP contribution in [0.1, 0.15) is 5.56 Å². The largest absolute Gasteiger partial charge is 0.340 e. The van der Waals surface area contributed by atoms with Crippen molar-refractivity contribution in [2.45, 2.75) is 6.92 Å². The van der Waals surface area contributed by atoms with Gasteiger partial charge in [0.25, 0.3) is 5.91 Å². The molecule has 138 valence electrons. The van der Waals surface area contributed by atoms with E-state index in [-0.39, 0.29) is 0 Å². The van der Waals surface area contributed by atoms with Gasteiger partial charge in [0, 0.05) is 36.4 Å². The standard InChI is InChI=1S/C18H18FN7O/c1-11-8-20-18(24-15-9-21-26(3)10-15)25-16(11)22-13-5-4-6-14(7-13)23-17(27)12(2)19/h4-10H,2H2,1,3H3,(H,23,27)(H2,20,22,24,25). The van der Waals surface area contributed by atoms with Gasteiger partial charge in [0.1, 0.15) is 5.82 Å². The fourth-order valence-corrected chi connectivity index (χ4v) is 2.25. The van der Waals surface area contributed by atoms with E-state index in [0.29, 0.717) is 23.1 Å². The van der Waals surface area contributed by atoms with Gasteiger partial charge in [-0.15, -0.1) is 0 Å². The van der Waals surface area contributed by atoms with E-state index < -0.39 is 11.7 Å². The lowest BCUT2D eigenvalue weighted by molar-refractivity contribution is -0.114. The first-order chi connectivity index (χ1) is 12.9. The fraction of sp³-hybridized carbons (Fsp3) is 0.111. The summed E-state index contributed by atoms with van der Waals surface area (Å²) < 4.78 is 14.5. The highest BCUT2D eigenvalue weighted by molar-refractivity contribution is 6.01. The van der Waals surface area contributed by atoms with E-state index >= 15 is 0 Å². The number of benzene rings is 1. The molecule has 3 aromatic rings. The summed E-state index contributed by atoms with van der Waals surface area (Å²) in [6, 6.07) is 6.84. The molecule has 1 aromatic carbocycles. The molecule has 0 saturated carbocycles. The first-order valence-corrected chi connectivity index (χ1v) is 8.03. The van der Waals surface area contributed by atoms with Gasteiger partial charge in [-0.3, -0.25) is 9.48 Å². The van der Waals surface area contributed by atoms with Crippen molar-refractivity contribution < 1.29 is 9.18 Å². The van der Waals surface area contributed by atoms with E-state index in [4.69, 9.17) is 0 Å². The second kappa shape index (κ2) is 7.65. The molecule has 3 N–H and O–H groups in total. The third kappa shape index (κ3) is 4.66. The van der Waals surface area contributed by atoms with Gasteiger partial charge >= 0.3 is 0 Å². The minimum Gasteiger partial charge on any atom is -0.340 e. The SMILES string of the molecule is C=C(F)C(=O)Nc1cccc(Nc2nc(Nc3cnn(C)c3)ncc2C)c1. The van der Waals surface area contributed by atoms with Gasteiger partial charge < -0.3 is 16.0 Å². The Morgan fingerprint density at radius 2 is 1.96 bits per heavy atom. The number of rotatable bonds is 6. The van der Waals surface area contributed by atoms with E-state index in [1.807, 2.05) is 14.0 Å². The highest BCUT2D eigenvalue weighted by Crippen LogP contribution is 2.23. The molecule has 8 nitrogen and oxygen atoms in total. The number of aryl methyl sites for hydroxylation is 2. The van der Waals surface area contributed by atoms with Crippen LogP contribution < -0.4 is 16.0 Å². The van der Waals surface area contributed by atoms with E-state index in [9.17, 15) is 9.18 Å². The van der Waals surface area contributed by atoms with Crippen LogP contribution in [0.5, 0.6) is 0 Å². The Balaban J connectivity index is 1.77. The molecule has 27 heavy (non-hydrogen) atoms. The Morgan fingerprint density at radius 1 is 1.19 bits per heavy atom. The van der Waals surface area contributed by atoms with E-state index in [2.05, 4.69) is 37.6 Å². The first kappa shape index (κ1) is 18.1. The summed E-state index contributed by atoms with van der Waals surface area (Å²) in [6.45, 7) is 4.84. The zero-order valence-electron chi connectivity index (χ0n) is 14.8. The van der Waals surface area contributed by atoms with Gasteiger partial charge in [0.05, 0.1) is 11.9 Å². The van der Waals surface area contributed by atoms with E-state index in [1.54, 1.807) is 47.5 Å². The summed E-state index contributed by atoms with van der Waals surface area (Å²) in [5, 5.41) is 12.7. The highest BCUT2D eigenvalue weighted by atomic mass is 19.1. The predicted molar refractivity (Wildman–Crippen MR) is 102 cm³/mol. The summed E-state index contributed by atoms with van der Waals surface area (Å²) in [4.78, 5) is 20.1. The van der Waals surface area contributed by atoms with Crippen molar-refractivity contribution in [1.29, 1.82) is 0 Å². The average molecular weight is 367 g/mol. The van der Waals surface area contributed by atoms with Crippen molar-refractivity contribution in [3.8, 4) is 0 Å². The van der Waals surface area contributed by atoms with Crippen molar-refractivity contribution in [3.63, 3.8) is 0 Å². The fourth-order valence-electron chi connectivity index (χ4n) is 2.25. The van der Waals surface area contributed by atoms with E-state index in [1.165, 1.54) is 0 Å². The molecule has 0 aliphatic heterocycles. The van der Waals surface area contributed by atoms with Gasteiger partial charge in [0.15, 0.2) is 5.83 Å². The molecule has 2 heterocycles. The summed E-state index contributed by atoms with van der Waals surface area (Å²) in [6.07, 6.45) is 5.16. The van der Waals surface area contributed by atoms with Crippen molar-refractivity contribution in [2.75, 3.05) is 16.0 Å². The summed E-state index contributed by atoms with van der Waals surface area (Å²) in [5.41, 5.74) is 2.71. The summed E-state index contributed by atoms with van der Waals surface area (Å²) in [5.74, 6) is -0.927. The van der Waals surface area contributed by atoms with Crippen molar-refractivity contribution >= 4 is 34.7 Å². The third-order valence-corrected chi connectivity index (χ3v) is 3.56. The van der Waals surface area contributed by atoms with Crippen LogP contribution in [0.4, 0.5) is 33.2 Å². The molecule has 1 amide bonds. The normalized spacial score (nSPS) is 10.3. The Kier molecular flexibility index (Phi) is 5.11. The second-order valence-electron chi connectivity index (χ2n) is 5.82. The number of amides is 1. The van der Waals surface area contributed by atoms with Gasteiger partial charge in [-0.2, -0.15) is 10.1 Å². The zero-order valence-corrected chi connectivity index (χ0v) is 14.8. The number of aromatic nitrogens is 4. The van der Waals surface area contributed by atoms with E-state index in [0.717, 1.165) is 11.3 Å². The van der Waals surface area contributed by atoms with Gasteiger partial charge in [-0.1, -0.05) is 12.6 Å². The van der Waals surface area contributed by atoms with Crippen LogP contribution >= 0.6 is 0 Å². The second-order valence-corrected chi connectivity index (χ2v) is 5.82. The lowest BCUT2D eigenvalue weighted by Gasteiger charge is -2.11. The lowest BCUT2D eigenvalue weighted by atomic mass is 10.2. The van der Waals surface area contributed by atoms with Gasteiger partial charge in [-0.25, -0.2) is 9.37 Å². The van der Waals surface area contributed by atoms with Crippen molar-refractivity contribution in [2.24, 2.45) is 7.05 Å². The maximum Gasteiger partial charge on any atom is 0.283 e. The number of carbonyl (C=O) groups excluding carboxylic acids is 1. The molecule has 0 atom stereocenters. The quantitative estimate of drug-likeness (QED) is 0.578. The molecular formula is C18H18FN7O. The molecule has 0 unspecified atom stereocenters. The van der Waals surface area contributed by atoms with Crippen molar-refractivity contribution in [3.05, 3.63) is 60.8 Å². The molecular weight excluding hydrogens is 349 g/mol. The predicted octanol–water partition coefficient (Wildman–Crippen LogP) is 3.43. The number of anilines is 5. The number of hydrogen-bond donors (Lipinski definition) is 3. The molecule has 2 aromatic heterocycles. The third-order valence-electron chi connectivity index (χ3n) is 3.56. The molecule has 0 aliphatic rings. The molecule has 9 heteroatoms. The molecule has 0 saturated heterocycles. The summed E-state index contributed by atoms with van der Waals surface area (Å²) >= 11 is 0. The Bertz CT molecular complexity index is 999. The van der Waals surface area contributed by atoms with Crippen LogP contribution in [0.15, 0.2) is 55.3 Å². The first-order valence-electron chi connectivity index (χ1n) is 8.03. The molecule has 0 radical (unpaired) electrons. The van der Waals surface area contributed by atoms with Crippen LogP contribution in [-0.4, -0.2) is 25.7 Å². The van der Waals surface area contributed by atoms with Gasteiger partial charge in [-0.05, 0) is 25.1 Å². The van der Waals surface area contributed by atoms with Crippen LogP contribution in [0, 0.1) is 6.92 Å². The molecule has 0 fully saturated rings. The Labute approximate surface area is 155 Å². The van der Waals surface area contributed by atoms with Gasteiger partial charge in [0.2, 0.25) is 5.95 Å². The number of hydrogen-bond acceptors (Lipinski definition) is 6. The Morgan fingerprint density at radius 3 is 2.67 bits per heavy atom. The Hall–Kier alpha value is -3.75. The number of nitrogens with one attached hydrogen (secondary N) is 3. The molecule has 0 spiro atoms. The van der Waals surface area contributed by atoms with Crippen molar-refractivity contribution in [1.82, 2.24) is 19.7 Å². The molecule has 3 rings (SSSR count). The minimum atomic E-state index is -1.05. The zero-order chi connectivity index (χ0) is 19.4. The maximum absolute atomic E-state index is 12.9. The smallest absolute Gasteiger partial charge is 0.283 e. The highest BCUT2D eigenvalue weighted by Gasteiger charge is 2.09. The number of nitrogens with zero attached hydrogens (tertiary/aromatic N) is 4. The minimum absolute atomic E-state index is 0.411. The van der Waals surface area contributed by atoms with Crippen LogP contribution in [0.3, 0.4) is 0 Å². The topological polar surface area (TPSA) is 96.8 Å². The summed E-state index contributed by atoms with van der Waals surface area (Å²) in [7, 11) is 1.82. The maximum atomic E-state index is 12.9.